The van der Waals surface area contributed by atoms with E-state index in [1.54, 1.807) is 41.5 Å². The number of aromatic nitrogens is 1. The summed E-state index contributed by atoms with van der Waals surface area (Å²) in [5.74, 6) is -1.75. The molecule has 1 aromatic heterocycles. The van der Waals surface area contributed by atoms with Crippen molar-refractivity contribution in [3.63, 3.8) is 0 Å². The number of hydrogen-bond donors (Lipinski definition) is 0. The van der Waals surface area contributed by atoms with Gasteiger partial charge in [-0.2, -0.15) is 4.90 Å². The van der Waals surface area contributed by atoms with Gasteiger partial charge in [0, 0.05) is 13.1 Å². The van der Waals surface area contributed by atoms with Gasteiger partial charge in [-0.15, -0.1) is 0 Å². The Morgan fingerprint density at radius 3 is 1.80 bits per heavy atom. The van der Waals surface area contributed by atoms with E-state index in [4.69, 9.17) is 9.47 Å². The third-order valence-electron chi connectivity index (χ3n) is 2.60. The number of rotatable bonds is 2. The zero-order chi connectivity index (χ0) is 19.6. The highest BCUT2D eigenvalue weighted by Crippen LogP contribution is 2.25. The van der Waals surface area contributed by atoms with Crippen LogP contribution in [0.1, 0.15) is 59.0 Å². The molecule has 0 aliphatic heterocycles. The second-order valence-corrected chi connectivity index (χ2v) is 7.34. The average Bonchev–Trinajstić information content (AvgIpc) is 2.36. The molecule has 1 rings (SSSR count). The minimum absolute atomic E-state index is 0.417. The number of ketones is 1. The molecule has 0 unspecified atom stereocenters. The third kappa shape index (κ3) is 5.81. The number of ether oxygens (including phenoxy) is 2. The molecule has 0 aliphatic rings. The minimum Gasteiger partial charge on any atom is -0.443 e. The maximum absolute atomic E-state index is 14.6. The molecule has 8 heteroatoms. The Morgan fingerprint density at radius 1 is 1.00 bits per heavy atom. The van der Waals surface area contributed by atoms with Gasteiger partial charge in [0.15, 0.2) is 11.6 Å². The molecular weight excluding hydrogens is 331 g/mol. The zero-order valence-corrected chi connectivity index (χ0v) is 15.5. The number of anilines is 1. The normalized spacial score (nSPS) is 11.7. The van der Waals surface area contributed by atoms with Crippen molar-refractivity contribution in [1.82, 2.24) is 4.98 Å². The molecule has 0 atom stereocenters. The van der Waals surface area contributed by atoms with Gasteiger partial charge < -0.3 is 9.47 Å². The van der Waals surface area contributed by atoms with Gasteiger partial charge in [0.2, 0.25) is 0 Å². The molecule has 0 saturated heterocycles. The van der Waals surface area contributed by atoms with Crippen LogP contribution in [-0.2, 0) is 9.47 Å². The summed E-state index contributed by atoms with van der Waals surface area (Å²) in [6.45, 7) is 10.7. The highest BCUT2D eigenvalue weighted by Gasteiger charge is 2.35. The van der Waals surface area contributed by atoms with Crippen LogP contribution in [0, 0.1) is 5.82 Å². The van der Waals surface area contributed by atoms with Crippen LogP contribution in [0.3, 0.4) is 0 Å². The van der Waals surface area contributed by atoms with Crippen LogP contribution in [0.15, 0.2) is 12.3 Å². The first kappa shape index (κ1) is 20.5. The van der Waals surface area contributed by atoms with Gasteiger partial charge in [0.1, 0.15) is 16.9 Å². The monoisotopic (exact) mass is 354 g/mol. The summed E-state index contributed by atoms with van der Waals surface area (Å²) in [5.41, 5.74) is -2.81. The fourth-order valence-corrected chi connectivity index (χ4v) is 1.74. The molecule has 7 nitrogen and oxygen atoms in total. The second kappa shape index (κ2) is 7.16. The van der Waals surface area contributed by atoms with Gasteiger partial charge in [0.05, 0.1) is 5.69 Å². The van der Waals surface area contributed by atoms with Gasteiger partial charge in [-0.3, -0.25) is 4.79 Å². The number of carbonyl (C=O) groups is 3. The van der Waals surface area contributed by atoms with E-state index in [0.717, 1.165) is 19.2 Å². The van der Waals surface area contributed by atoms with Gasteiger partial charge in [-0.25, -0.2) is 19.0 Å². The summed E-state index contributed by atoms with van der Waals surface area (Å²) >= 11 is 0. The van der Waals surface area contributed by atoms with Crippen LogP contribution in [0.25, 0.3) is 0 Å². The Hall–Kier alpha value is -2.51. The number of imide groups is 1. The summed E-state index contributed by atoms with van der Waals surface area (Å²) in [6.07, 6.45) is -1.13. The minimum atomic E-state index is -1.12. The molecule has 2 amide bonds. The maximum atomic E-state index is 14.6. The van der Waals surface area contributed by atoms with E-state index in [9.17, 15) is 18.8 Å². The topological polar surface area (TPSA) is 85.8 Å². The van der Waals surface area contributed by atoms with E-state index in [2.05, 4.69) is 4.98 Å². The number of hydrogen-bond acceptors (Lipinski definition) is 6. The smallest absolute Gasteiger partial charge is 0.424 e. The molecule has 0 saturated carbocycles. The van der Waals surface area contributed by atoms with Crippen LogP contribution in [0.2, 0.25) is 0 Å². The number of carbonyl (C=O) groups excluding carboxylic acids is 3. The molecular formula is C17H23FN2O5. The lowest BCUT2D eigenvalue weighted by molar-refractivity contribution is 0.0428. The summed E-state index contributed by atoms with van der Waals surface area (Å²) < 4.78 is 24.9. The van der Waals surface area contributed by atoms with Crippen LogP contribution < -0.4 is 4.90 Å². The van der Waals surface area contributed by atoms with E-state index in [-0.39, 0.29) is 0 Å². The van der Waals surface area contributed by atoms with Gasteiger partial charge in [-0.05, 0) is 47.6 Å². The Labute approximate surface area is 146 Å². The Kier molecular flexibility index (Phi) is 5.88. The van der Waals surface area contributed by atoms with Gasteiger partial charge in [0.25, 0.3) is 0 Å². The van der Waals surface area contributed by atoms with Gasteiger partial charge in [-0.1, -0.05) is 0 Å². The molecule has 0 radical (unpaired) electrons. The lowest BCUT2D eigenvalue weighted by Gasteiger charge is -2.28. The first-order valence-electron chi connectivity index (χ1n) is 7.64. The Balaban J connectivity index is 3.42. The Morgan fingerprint density at radius 2 is 1.44 bits per heavy atom. The van der Waals surface area contributed by atoms with Crippen LogP contribution in [0.4, 0.5) is 19.7 Å². The van der Waals surface area contributed by atoms with Crippen LogP contribution >= 0.6 is 0 Å². The quantitative estimate of drug-likeness (QED) is 0.743. The van der Waals surface area contributed by atoms with Crippen LogP contribution in [-0.4, -0.2) is 34.2 Å². The third-order valence-corrected chi connectivity index (χ3v) is 2.60. The number of pyridine rings is 1. The first-order valence-corrected chi connectivity index (χ1v) is 7.64. The molecule has 138 valence electrons. The molecule has 0 N–H and O–H groups in total. The SMILES string of the molecule is CC(=O)c1nccc(N(C(=O)OC(C)(C)C)C(=O)OC(C)(C)C)c1F. The molecule has 0 spiro atoms. The lowest BCUT2D eigenvalue weighted by atomic mass is 10.2. The number of halogens is 1. The molecule has 0 bridgehead atoms. The van der Waals surface area contributed by atoms with E-state index >= 15 is 0 Å². The molecule has 0 aromatic carbocycles. The van der Waals surface area contributed by atoms with E-state index in [1.165, 1.54) is 0 Å². The largest absolute Gasteiger partial charge is 0.443 e. The van der Waals surface area contributed by atoms with E-state index in [0.29, 0.717) is 4.90 Å². The molecule has 0 fully saturated rings. The van der Waals surface area contributed by atoms with Crippen molar-refractivity contribution in [3.8, 4) is 0 Å². The van der Waals surface area contributed by atoms with Crippen molar-refractivity contribution in [2.75, 3.05) is 4.90 Å². The standard InChI is InChI=1S/C17H23FN2O5/c1-10(21)13-12(18)11(8-9-19-13)20(14(22)24-16(2,3)4)15(23)25-17(5,6)7/h8-9H,1-7H3. The van der Waals surface area contributed by atoms with Crippen molar-refractivity contribution in [2.45, 2.75) is 59.7 Å². The van der Waals surface area contributed by atoms with Crippen LogP contribution in [0.5, 0.6) is 0 Å². The fraction of sp³-hybridized carbons (Fsp3) is 0.529. The van der Waals surface area contributed by atoms with Crippen molar-refractivity contribution in [2.24, 2.45) is 0 Å². The molecule has 1 heterocycles. The second-order valence-electron chi connectivity index (χ2n) is 7.34. The molecule has 0 aliphatic carbocycles. The molecule has 1 aromatic rings. The van der Waals surface area contributed by atoms with Crippen molar-refractivity contribution in [3.05, 3.63) is 23.8 Å². The number of nitrogens with zero attached hydrogens (tertiary/aromatic N) is 2. The zero-order valence-electron chi connectivity index (χ0n) is 15.5. The fourth-order valence-electron chi connectivity index (χ4n) is 1.74. The highest BCUT2D eigenvalue weighted by molar-refractivity contribution is 6.10. The van der Waals surface area contributed by atoms with Crippen molar-refractivity contribution < 1.29 is 28.2 Å². The predicted octanol–water partition coefficient (Wildman–Crippen LogP) is 4.10. The van der Waals surface area contributed by atoms with E-state index in [1.807, 2.05) is 0 Å². The predicted molar refractivity (Wildman–Crippen MR) is 89.1 cm³/mol. The maximum Gasteiger partial charge on any atom is 0.424 e. The highest BCUT2D eigenvalue weighted by atomic mass is 19.1. The van der Waals surface area contributed by atoms with Crippen molar-refractivity contribution in [1.29, 1.82) is 0 Å². The summed E-state index contributed by atoms with van der Waals surface area (Å²) in [6, 6.07) is 1.09. The summed E-state index contributed by atoms with van der Waals surface area (Å²) in [4.78, 5) is 40.4. The number of Topliss-reactive ketones (excluding diaryl/α,β-unsaturated/α-hetero) is 1. The summed E-state index contributed by atoms with van der Waals surface area (Å²) in [7, 11) is 0. The van der Waals surface area contributed by atoms with E-state index < -0.39 is 46.4 Å². The Bertz CT molecular complexity index is 661. The van der Waals surface area contributed by atoms with Gasteiger partial charge >= 0.3 is 12.2 Å². The lowest BCUT2D eigenvalue weighted by Crippen LogP contribution is -2.44. The molecule has 25 heavy (non-hydrogen) atoms. The number of amides is 2. The summed E-state index contributed by atoms with van der Waals surface area (Å²) in [5, 5.41) is 0. The van der Waals surface area contributed by atoms with Crippen molar-refractivity contribution >= 4 is 23.7 Å². The first-order chi connectivity index (χ1) is 11.2. The average molecular weight is 354 g/mol.